The van der Waals surface area contributed by atoms with Crippen molar-refractivity contribution in [1.29, 1.82) is 0 Å². The number of aliphatic imine (C=N–C) groups is 1. The predicted octanol–water partition coefficient (Wildman–Crippen LogP) is 4.76. The second kappa shape index (κ2) is 14.9. The van der Waals surface area contributed by atoms with Crippen LogP contribution in [0.25, 0.3) is 11.1 Å². The lowest BCUT2D eigenvalue weighted by Crippen LogP contribution is -2.41. The van der Waals surface area contributed by atoms with E-state index in [1.165, 1.54) is 0 Å². The molecule has 0 spiro atoms. The summed E-state index contributed by atoms with van der Waals surface area (Å²) >= 11 is 12.7. The number of hydrogen-bond acceptors (Lipinski definition) is 6. The number of halogens is 2. The maximum Gasteiger partial charge on any atom is 0.326 e. The van der Waals surface area contributed by atoms with Crippen molar-refractivity contribution >= 4 is 52.5 Å². The van der Waals surface area contributed by atoms with Crippen LogP contribution in [0, 0.1) is 0 Å². The number of nitrogens with one attached hydrogen (secondary N) is 2. The first-order chi connectivity index (χ1) is 20.6. The molecular formula is C32H31Cl2N3O6. The summed E-state index contributed by atoms with van der Waals surface area (Å²) in [5.41, 5.74) is 3.71. The average Bonchev–Trinajstić information content (AvgIpc) is 2.99. The van der Waals surface area contributed by atoms with Crippen LogP contribution in [0.1, 0.15) is 52.0 Å². The Labute approximate surface area is 258 Å². The molecule has 224 valence electrons. The number of aliphatic hydroxyl groups excluding tert-OH is 1. The molecule has 1 aliphatic rings. The minimum Gasteiger partial charge on any atom is -0.480 e. The molecule has 4 N–H and O–H groups in total. The zero-order valence-corrected chi connectivity index (χ0v) is 24.7. The van der Waals surface area contributed by atoms with E-state index in [1.54, 1.807) is 30.3 Å². The summed E-state index contributed by atoms with van der Waals surface area (Å²) in [6.07, 6.45) is 1.14. The van der Waals surface area contributed by atoms with Crippen LogP contribution in [-0.2, 0) is 16.0 Å². The predicted molar refractivity (Wildman–Crippen MR) is 165 cm³/mol. The Morgan fingerprint density at radius 1 is 0.930 bits per heavy atom. The number of carboxylic acid groups (broad SMARTS) is 1. The first-order valence-electron chi connectivity index (χ1n) is 13.8. The third-order valence-corrected chi connectivity index (χ3v) is 7.62. The SMILES string of the molecule is O=C(CC[C@H](NC(=O)c1c(Cl)cc(-c2ccccc2)cc1Cl)C(=O)O)CNC(=O)c1cccc(CC2=NCC(O)CC2)c1. The topological polar surface area (TPSA) is 145 Å². The lowest BCUT2D eigenvalue weighted by Gasteiger charge is -2.17. The van der Waals surface area contributed by atoms with E-state index in [0.29, 0.717) is 36.9 Å². The number of carbonyl (C=O) groups is 4. The molecule has 0 fully saturated rings. The van der Waals surface area contributed by atoms with Gasteiger partial charge in [0, 0.05) is 24.1 Å². The molecule has 3 aromatic rings. The number of carbonyl (C=O) groups excluding carboxylic acids is 3. The fraction of sp³-hybridized carbons (Fsp3) is 0.281. The molecule has 4 rings (SSSR count). The van der Waals surface area contributed by atoms with Gasteiger partial charge in [0.1, 0.15) is 6.04 Å². The second-order valence-corrected chi connectivity index (χ2v) is 11.1. The molecule has 2 amide bonds. The third-order valence-electron chi connectivity index (χ3n) is 7.03. The standard InChI is InChI=1S/C32H31Cl2N3O6/c33-26-15-22(20-6-2-1-3-7-20)16-27(34)29(26)31(41)37-28(32(42)43)12-11-25(39)18-36-30(40)21-8-4-5-19(13-21)14-23-9-10-24(38)17-35-23/h1-8,13,15-16,24,28,38H,9-12,14,17-18H2,(H,36,40)(H,37,41)(H,42,43)/t24?,28-/m0/s1. The van der Waals surface area contributed by atoms with Crippen molar-refractivity contribution in [3.63, 3.8) is 0 Å². The summed E-state index contributed by atoms with van der Waals surface area (Å²) < 4.78 is 0. The first kappa shape index (κ1) is 31.9. The summed E-state index contributed by atoms with van der Waals surface area (Å²) in [6, 6.07) is 18.0. The number of ketones is 1. The number of aliphatic carboxylic acids is 1. The molecule has 0 aromatic heterocycles. The summed E-state index contributed by atoms with van der Waals surface area (Å²) in [6.45, 7) is 0.0833. The smallest absolute Gasteiger partial charge is 0.326 e. The molecule has 0 saturated heterocycles. The van der Waals surface area contributed by atoms with E-state index in [2.05, 4.69) is 15.6 Å². The van der Waals surface area contributed by atoms with Crippen molar-refractivity contribution in [3.05, 3.63) is 93.5 Å². The van der Waals surface area contributed by atoms with E-state index in [0.717, 1.165) is 16.8 Å². The molecule has 0 aliphatic carbocycles. The van der Waals surface area contributed by atoms with Crippen molar-refractivity contribution in [2.45, 2.75) is 44.2 Å². The summed E-state index contributed by atoms with van der Waals surface area (Å²) in [7, 11) is 0. The van der Waals surface area contributed by atoms with Crippen LogP contribution in [0.15, 0.2) is 71.7 Å². The van der Waals surface area contributed by atoms with E-state index in [-0.39, 0.29) is 35.0 Å². The van der Waals surface area contributed by atoms with Gasteiger partial charge in [-0.05, 0) is 60.2 Å². The van der Waals surface area contributed by atoms with Gasteiger partial charge in [-0.15, -0.1) is 0 Å². The highest BCUT2D eigenvalue weighted by Crippen LogP contribution is 2.32. The number of Topliss-reactive ketones (excluding diaryl/α,β-unsaturated/α-hetero) is 1. The van der Waals surface area contributed by atoms with Gasteiger partial charge in [0.25, 0.3) is 11.8 Å². The van der Waals surface area contributed by atoms with E-state index >= 15 is 0 Å². The highest BCUT2D eigenvalue weighted by molar-refractivity contribution is 6.40. The Morgan fingerprint density at radius 2 is 1.65 bits per heavy atom. The molecule has 9 nitrogen and oxygen atoms in total. The molecule has 43 heavy (non-hydrogen) atoms. The zero-order valence-electron chi connectivity index (χ0n) is 23.2. The Hall–Kier alpha value is -4.05. The zero-order chi connectivity index (χ0) is 30.9. The quantitative estimate of drug-likeness (QED) is 0.229. The van der Waals surface area contributed by atoms with E-state index in [1.807, 2.05) is 36.4 Å². The number of amides is 2. The maximum absolute atomic E-state index is 12.9. The fourth-order valence-electron chi connectivity index (χ4n) is 4.69. The van der Waals surface area contributed by atoms with Crippen molar-refractivity contribution in [2.24, 2.45) is 4.99 Å². The average molecular weight is 625 g/mol. The van der Waals surface area contributed by atoms with Gasteiger partial charge in [0.05, 0.1) is 34.8 Å². The van der Waals surface area contributed by atoms with Crippen LogP contribution >= 0.6 is 23.2 Å². The van der Waals surface area contributed by atoms with Gasteiger partial charge >= 0.3 is 5.97 Å². The lowest BCUT2D eigenvalue weighted by atomic mass is 9.99. The van der Waals surface area contributed by atoms with Crippen molar-refractivity contribution in [1.82, 2.24) is 10.6 Å². The van der Waals surface area contributed by atoms with E-state index in [9.17, 15) is 29.4 Å². The number of nitrogens with zero attached hydrogens (tertiary/aromatic N) is 1. The Balaban J connectivity index is 1.29. The molecule has 3 aromatic carbocycles. The van der Waals surface area contributed by atoms with Gasteiger partial charge < -0.3 is 20.8 Å². The molecular weight excluding hydrogens is 593 g/mol. The Bertz CT molecular complexity index is 1520. The second-order valence-electron chi connectivity index (χ2n) is 10.3. The number of aliphatic hydroxyl groups is 1. The molecule has 1 heterocycles. The molecule has 0 saturated carbocycles. The first-order valence-corrected chi connectivity index (χ1v) is 14.5. The normalized spacial score (nSPS) is 15.2. The van der Waals surface area contributed by atoms with Crippen molar-refractivity contribution in [2.75, 3.05) is 13.1 Å². The Morgan fingerprint density at radius 3 is 2.30 bits per heavy atom. The van der Waals surface area contributed by atoms with Gasteiger partial charge in [-0.25, -0.2) is 4.79 Å². The maximum atomic E-state index is 12.9. The summed E-state index contributed by atoms with van der Waals surface area (Å²) in [5.74, 6) is -2.95. The van der Waals surface area contributed by atoms with Crippen LogP contribution in [0.5, 0.6) is 0 Å². The van der Waals surface area contributed by atoms with Crippen molar-refractivity contribution in [3.8, 4) is 11.1 Å². The molecule has 1 unspecified atom stereocenters. The van der Waals surface area contributed by atoms with Crippen LogP contribution in [-0.4, -0.2) is 64.7 Å². The van der Waals surface area contributed by atoms with Crippen LogP contribution in [0.4, 0.5) is 0 Å². The van der Waals surface area contributed by atoms with Crippen LogP contribution in [0.3, 0.4) is 0 Å². The number of hydrogen-bond donors (Lipinski definition) is 4. The number of benzene rings is 3. The van der Waals surface area contributed by atoms with Gasteiger partial charge in [-0.3, -0.25) is 19.4 Å². The monoisotopic (exact) mass is 623 g/mol. The highest BCUT2D eigenvalue weighted by atomic mass is 35.5. The van der Waals surface area contributed by atoms with E-state index in [4.69, 9.17) is 23.2 Å². The molecule has 0 radical (unpaired) electrons. The molecule has 1 aliphatic heterocycles. The van der Waals surface area contributed by atoms with Gasteiger partial charge in [0.2, 0.25) is 0 Å². The summed E-state index contributed by atoms with van der Waals surface area (Å²) in [4.78, 5) is 54.3. The van der Waals surface area contributed by atoms with Crippen molar-refractivity contribution < 1.29 is 29.4 Å². The number of rotatable bonds is 12. The van der Waals surface area contributed by atoms with Crippen LogP contribution in [0.2, 0.25) is 10.0 Å². The minimum atomic E-state index is -1.38. The van der Waals surface area contributed by atoms with Crippen LogP contribution < -0.4 is 10.6 Å². The minimum absolute atomic E-state index is 0.0568. The summed E-state index contributed by atoms with van der Waals surface area (Å²) in [5, 5.41) is 24.3. The van der Waals surface area contributed by atoms with Gasteiger partial charge in [-0.2, -0.15) is 0 Å². The highest BCUT2D eigenvalue weighted by Gasteiger charge is 2.25. The van der Waals surface area contributed by atoms with Gasteiger partial charge in [-0.1, -0.05) is 65.7 Å². The largest absolute Gasteiger partial charge is 0.480 e. The lowest BCUT2D eigenvalue weighted by molar-refractivity contribution is -0.139. The molecule has 11 heteroatoms. The molecule has 2 atom stereocenters. The molecule has 0 bridgehead atoms. The third kappa shape index (κ3) is 8.97. The van der Waals surface area contributed by atoms with E-state index < -0.39 is 35.7 Å². The fourth-order valence-corrected chi connectivity index (χ4v) is 5.35. The Kier molecular flexibility index (Phi) is 11.1. The number of carboxylic acids is 1. The van der Waals surface area contributed by atoms with Gasteiger partial charge in [0.15, 0.2) is 5.78 Å².